The SMILES string of the molecule is COc1nccnc1-c1nc(Cl)nc(Cl)n1. The predicted molar refractivity (Wildman–Crippen MR) is 57.4 cm³/mol. The van der Waals surface area contributed by atoms with Gasteiger partial charge in [-0.2, -0.15) is 15.0 Å². The molecule has 0 aliphatic heterocycles. The van der Waals surface area contributed by atoms with Crippen LogP contribution in [0.5, 0.6) is 5.88 Å². The lowest BCUT2D eigenvalue weighted by atomic mass is 10.4. The van der Waals surface area contributed by atoms with Gasteiger partial charge in [0.2, 0.25) is 16.4 Å². The Morgan fingerprint density at radius 2 is 1.62 bits per heavy atom. The maximum Gasteiger partial charge on any atom is 0.243 e. The molecular weight excluding hydrogens is 253 g/mol. The van der Waals surface area contributed by atoms with Crippen LogP contribution >= 0.6 is 23.2 Å². The highest BCUT2D eigenvalue weighted by atomic mass is 35.5. The summed E-state index contributed by atoms with van der Waals surface area (Å²) in [5, 5.41) is -0.0228. The molecule has 0 atom stereocenters. The van der Waals surface area contributed by atoms with E-state index in [-0.39, 0.29) is 16.4 Å². The normalized spacial score (nSPS) is 10.2. The van der Waals surface area contributed by atoms with Crippen molar-refractivity contribution in [1.82, 2.24) is 24.9 Å². The lowest BCUT2D eigenvalue weighted by Crippen LogP contribution is -1.99. The van der Waals surface area contributed by atoms with E-state index in [1.807, 2.05) is 0 Å². The first-order valence-corrected chi connectivity index (χ1v) is 4.88. The number of hydrogen-bond donors (Lipinski definition) is 0. The molecule has 0 unspecified atom stereocenters. The Hall–Kier alpha value is -1.53. The fraction of sp³-hybridized carbons (Fsp3) is 0.125. The van der Waals surface area contributed by atoms with Crippen molar-refractivity contribution in [3.05, 3.63) is 23.0 Å². The van der Waals surface area contributed by atoms with Crippen molar-refractivity contribution >= 4 is 23.2 Å². The Morgan fingerprint density at radius 1 is 1.00 bits per heavy atom. The highest BCUT2D eigenvalue weighted by molar-refractivity contribution is 6.31. The largest absolute Gasteiger partial charge is 0.479 e. The van der Waals surface area contributed by atoms with Crippen molar-refractivity contribution in [2.75, 3.05) is 7.11 Å². The Morgan fingerprint density at radius 3 is 2.25 bits per heavy atom. The smallest absolute Gasteiger partial charge is 0.243 e. The van der Waals surface area contributed by atoms with Crippen molar-refractivity contribution < 1.29 is 4.74 Å². The summed E-state index contributed by atoms with van der Waals surface area (Å²) >= 11 is 11.3. The van der Waals surface area contributed by atoms with Gasteiger partial charge in [-0.25, -0.2) is 9.97 Å². The monoisotopic (exact) mass is 257 g/mol. The summed E-state index contributed by atoms with van der Waals surface area (Å²) < 4.78 is 5.02. The molecule has 0 amide bonds. The van der Waals surface area contributed by atoms with Crippen LogP contribution in [0.2, 0.25) is 10.6 Å². The van der Waals surface area contributed by atoms with Crippen LogP contribution in [0.15, 0.2) is 12.4 Å². The van der Waals surface area contributed by atoms with Gasteiger partial charge >= 0.3 is 0 Å². The van der Waals surface area contributed by atoms with Crippen LogP contribution in [0, 0.1) is 0 Å². The van der Waals surface area contributed by atoms with Gasteiger partial charge in [-0.15, -0.1) is 0 Å². The van der Waals surface area contributed by atoms with Gasteiger partial charge in [0.15, 0.2) is 11.5 Å². The van der Waals surface area contributed by atoms with Gasteiger partial charge in [-0.05, 0) is 23.2 Å². The molecule has 6 nitrogen and oxygen atoms in total. The predicted octanol–water partition coefficient (Wildman–Crippen LogP) is 1.64. The topological polar surface area (TPSA) is 73.7 Å². The van der Waals surface area contributed by atoms with Crippen LogP contribution in [-0.2, 0) is 0 Å². The highest BCUT2D eigenvalue weighted by Crippen LogP contribution is 2.23. The van der Waals surface area contributed by atoms with Gasteiger partial charge in [0.05, 0.1) is 7.11 Å². The minimum atomic E-state index is -0.0114. The summed E-state index contributed by atoms with van der Waals surface area (Å²) in [6.07, 6.45) is 2.98. The average molecular weight is 258 g/mol. The molecule has 0 saturated carbocycles. The highest BCUT2D eigenvalue weighted by Gasteiger charge is 2.13. The molecule has 0 aliphatic carbocycles. The number of aromatic nitrogens is 5. The van der Waals surface area contributed by atoms with E-state index in [2.05, 4.69) is 24.9 Å². The number of methoxy groups -OCH3 is 1. The summed E-state index contributed by atoms with van der Waals surface area (Å²) in [4.78, 5) is 19.4. The maximum absolute atomic E-state index is 5.66. The van der Waals surface area contributed by atoms with E-state index in [4.69, 9.17) is 27.9 Å². The second-order valence-electron chi connectivity index (χ2n) is 2.61. The molecule has 0 aromatic carbocycles. The van der Waals surface area contributed by atoms with E-state index < -0.39 is 0 Å². The minimum Gasteiger partial charge on any atom is -0.479 e. The van der Waals surface area contributed by atoms with Crippen LogP contribution in [0.3, 0.4) is 0 Å². The molecular formula is C8H5Cl2N5O. The third-order valence-electron chi connectivity index (χ3n) is 1.65. The first kappa shape index (κ1) is 11.0. The fourth-order valence-electron chi connectivity index (χ4n) is 1.06. The second-order valence-corrected chi connectivity index (χ2v) is 3.29. The van der Waals surface area contributed by atoms with Crippen molar-refractivity contribution in [3.8, 4) is 17.4 Å². The molecule has 0 N–H and O–H groups in total. The van der Waals surface area contributed by atoms with E-state index in [1.165, 1.54) is 19.5 Å². The zero-order chi connectivity index (χ0) is 11.5. The van der Waals surface area contributed by atoms with Crippen LogP contribution in [0.1, 0.15) is 0 Å². The van der Waals surface area contributed by atoms with Crippen molar-refractivity contribution in [2.45, 2.75) is 0 Å². The number of hydrogen-bond acceptors (Lipinski definition) is 6. The molecule has 8 heteroatoms. The molecule has 0 aliphatic rings. The molecule has 82 valence electrons. The molecule has 2 rings (SSSR count). The molecule has 16 heavy (non-hydrogen) atoms. The summed E-state index contributed by atoms with van der Waals surface area (Å²) in [5.41, 5.74) is 0.358. The molecule has 2 aromatic heterocycles. The maximum atomic E-state index is 5.66. The van der Waals surface area contributed by atoms with Crippen LogP contribution in [0.25, 0.3) is 11.5 Å². The zero-order valence-corrected chi connectivity index (χ0v) is 9.57. The number of rotatable bonds is 2. The lowest BCUT2D eigenvalue weighted by molar-refractivity contribution is 0.397. The van der Waals surface area contributed by atoms with Crippen LogP contribution < -0.4 is 4.74 Å². The molecule has 0 fully saturated rings. The van der Waals surface area contributed by atoms with Crippen molar-refractivity contribution in [3.63, 3.8) is 0 Å². The van der Waals surface area contributed by atoms with Crippen molar-refractivity contribution in [2.24, 2.45) is 0 Å². The molecule has 0 saturated heterocycles. The van der Waals surface area contributed by atoms with Gasteiger partial charge in [0.25, 0.3) is 0 Å². The second kappa shape index (κ2) is 4.54. The standard InChI is InChI=1S/C8H5Cl2N5O/c1-16-6-4(11-2-3-12-6)5-13-7(9)15-8(10)14-5/h2-3H,1H3. The fourth-order valence-corrected chi connectivity index (χ4v) is 1.42. The minimum absolute atomic E-state index is 0.0114. The van der Waals surface area contributed by atoms with Crippen LogP contribution in [0.4, 0.5) is 0 Å². The molecule has 2 aromatic rings. The summed E-state index contributed by atoms with van der Waals surface area (Å²) in [7, 11) is 1.47. The molecule has 0 bridgehead atoms. The Kier molecular flexibility index (Phi) is 3.12. The van der Waals surface area contributed by atoms with Gasteiger partial charge in [0, 0.05) is 12.4 Å². The number of ether oxygens (including phenoxy) is 1. The van der Waals surface area contributed by atoms with Crippen LogP contribution in [-0.4, -0.2) is 32.0 Å². The Labute approximate surface area is 101 Å². The summed E-state index contributed by atoms with van der Waals surface area (Å²) in [6.45, 7) is 0. The molecule has 0 radical (unpaired) electrons. The van der Waals surface area contributed by atoms with E-state index in [0.717, 1.165) is 0 Å². The number of nitrogens with zero attached hydrogens (tertiary/aromatic N) is 5. The summed E-state index contributed by atoms with van der Waals surface area (Å²) in [6, 6.07) is 0. The molecule has 2 heterocycles. The first-order chi connectivity index (χ1) is 7.70. The quantitative estimate of drug-likeness (QED) is 0.815. The van der Waals surface area contributed by atoms with E-state index >= 15 is 0 Å². The third-order valence-corrected chi connectivity index (χ3v) is 1.99. The Balaban J connectivity index is 2.58. The van der Waals surface area contributed by atoms with Gasteiger partial charge in [-0.1, -0.05) is 0 Å². The zero-order valence-electron chi connectivity index (χ0n) is 8.05. The van der Waals surface area contributed by atoms with E-state index in [1.54, 1.807) is 0 Å². The van der Waals surface area contributed by atoms with E-state index in [9.17, 15) is 0 Å². The van der Waals surface area contributed by atoms with E-state index in [0.29, 0.717) is 11.6 Å². The van der Waals surface area contributed by atoms with Crippen molar-refractivity contribution in [1.29, 1.82) is 0 Å². The van der Waals surface area contributed by atoms with Gasteiger partial charge in [0.1, 0.15) is 0 Å². The third kappa shape index (κ3) is 2.17. The summed E-state index contributed by atoms with van der Waals surface area (Å²) in [5.74, 6) is 0.510. The van der Waals surface area contributed by atoms with Gasteiger partial charge in [-0.3, -0.25) is 0 Å². The van der Waals surface area contributed by atoms with Gasteiger partial charge < -0.3 is 4.74 Å². The number of halogens is 2. The Bertz CT molecular complexity index is 501. The average Bonchev–Trinajstić information content (AvgIpc) is 2.27. The lowest BCUT2D eigenvalue weighted by Gasteiger charge is -2.04. The molecule has 0 spiro atoms. The first-order valence-electron chi connectivity index (χ1n) is 4.13.